The normalized spacial score (nSPS) is 12.2. The molecule has 1 aromatic rings. The van der Waals surface area contributed by atoms with Crippen LogP contribution in [0, 0.1) is 0 Å². The molecule has 1 atom stereocenters. The summed E-state index contributed by atoms with van der Waals surface area (Å²) in [6.07, 6.45) is -0.671. The molecule has 0 fully saturated rings. The molecule has 1 aromatic carbocycles. The Balaban J connectivity index is 2.82. The molecule has 0 saturated carbocycles. The summed E-state index contributed by atoms with van der Waals surface area (Å²) in [5.41, 5.74) is 0.969. The number of hydrogen-bond donors (Lipinski definition) is 3. The first kappa shape index (κ1) is 12.8. The Kier molecular flexibility index (Phi) is 4.58. The number of aromatic hydroxyl groups is 1. The summed E-state index contributed by atoms with van der Waals surface area (Å²) in [5.74, 6) is 0.00734. The van der Waals surface area contributed by atoms with Gasteiger partial charge in [-0.1, -0.05) is 0 Å². The molecule has 0 aromatic heterocycles. The minimum absolute atomic E-state index is 0.0358. The molecule has 5 heteroatoms. The molecule has 0 aliphatic heterocycles. The van der Waals surface area contributed by atoms with Crippen molar-refractivity contribution in [3.63, 3.8) is 0 Å². The van der Waals surface area contributed by atoms with Crippen LogP contribution in [0.1, 0.15) is 17.3 Å². The van der Waals surface area contributed by atoms with Crippen molar-refractivity contribution in [2.75, 3.05) is 17.7 Å². The third kappa shape index (κ3) is 3.40. The van der Waals surface area contributed by atoms with Crippen molar-refractivity contribution in [2.24, 2.45) is 0 Å². The molecule has 0 aliphatic carbocycles. The van der Waals surface area contributed by atoms with Gasteiger partial charge in [0.1, 0.15) is 5.75 Å². The highest BCUT2D eigenvalue weighted by atomic mass is 35.5. The molecule has 0 amide bonds. The fourth-order valence-electron chi connectivity index (χ4n) is 1.26. The van der Waals surface area contributed by atoms with Gasteiger partial charge in [0.25, 0.3) is 0 Å². The Bertz CT molecular complexity index is 381. The Morgan fingerprint density at radius 3 is 2.81 bits per heavy atom. The van der Waals surface area contributed by atoms with Gasteiger partial charge < -0.3 is 15.5 Å². The van der Waals surface area contributed by atoms with E-state index in [-0.39, 0.29) is 24.0 Å². The third-order valence-corrected chi connectivity index (χ3v) is 2.44. The first-order chi connectivity index (χ1) is 7.54. The second-order valence-electron chi connectivity index (χ2n) is 3.48. The monoisotopic (exact) mass is 243 g/mol. The molecule has 0 heterocycles. The number of nitrogens with one attached hydrogen (secondary N) is 1. The van der Waals surface area contributed by atoms with Crippen LogP contribution in [0.2, 0.25) is 0 Å². The van der Waals surface area contributed by atoms with E-state index < -0.39 is 6.10 Å². The van der Waals surface area contributed by atoms with E-state index in [0.717, 1.165) is 0 Å². The van der Waals surface area contributed by atoms with Gasteiger partial charge in [0.2, 0.25) is 0 Å². The summed E-state index contributed by atoms with van der Waals surface area (Å²) in [7, 11) is 0. The molecule has 88 valence electrons. The first-order valence-corrected chi connectivity index (χ1v) is 5.40. The van der Waals surface area contributed by atoms with Crippen molar-refractivity contribution < 1.29 is 15.0 Å². The number of rotatable bonds is 5. The number of aliphatic hydroxyl groups is 1. The quantitative estimate of drug-likeness (QED) is 0.418. The molecule has 0 aliphatic rings. The standard InChI is InChI=1S/C11H14ClNO3/c1-7(14)10-4-8(15)2-3-11(10)13-6-9(16)5-12/h2-4,9,13,15-16H,5-6H2,1H3. The summed E-state index contributed by atoms with van der Waals surface area (Å²) in [5, 5.41) is 21.4. The zero-order valence-corrected chi connectivity index (χ0v) is 9.66. The van der Waals surface area contributed by atoms with E-state index in [0.29, 0.717) is 11.3 Å². The lowest BCUT2D eigenvalue weighted by Gasteiger charge is -2.12. The van der Waals surface area contributed by atoms with Crippen LogP contribution in [0.25, 0.3) is 0 Å². The maximum Gasteiger partial charge on any atom is 0.162 e. The summed E-state index contributed by atoms with van der Waals surface area (Å²) in [6.45, 7) is 1.67. The Labute approximate surface area is 98.9 Å². The molecule has 0 bridgehead atoms. The van der Waals surface area contributed by atoms with Crippen molar-refractivity contribution in [1.82, 2.24) is 0 Å². The Morgan fingerprint density at radius 1 is 1.56 bits per heavy atom. The molecule has 4 nitrogen and oxygen atoms in total. The fourth-order valence-corrected chi connectivity index (χ4v) is 1.37. The van der Waals surface area contributed by atoms with Crippen LogP contribution in [-0.2, 0) is 0 Å². The van der Waals surface area contributed by atoms with E-state index in [2.05, 4.69) is 5.32 Å². The first-order valence-electron chi connectivity index (χ1n) is 4.86. The molecular weight excluding hydrogens is 230 g/mol. The highest BCUT2D eigenvalue weighted by Crippen LogP contribution is 2.21. The number of aliphatic hydroxyl groups excluding tert-OH is 1. The van der Waals surface area contributed by atoms with Crippen LogP contribution in [0.4, 0.5) is 5.69 Å². The number of Topliss-reactive ketones (excluding diaryl/α,β-unsaturated/α-hetero) is 1. The van der Waals surface area contributed by atoms with Gasteiger partial charge in [0, 0.05) is 17.8 Å². The fraction of sp³-hybridized carbons (Fsp3) is 0.364. The minimum Gasteiger partial charge on any atom is -0.508 e. The van der Waals surface area contributed by atoms with Crippen LogP contribution in [0.5, 0.6) is 5.75 Å². The smallest absolute Gasteiger partial charge is 0.162 e. The van der Waals surface area contributed by atoms with Gasteiger partial charge in [0.15, 0.2) is 5.78 Å². The number of carbonyl (C=O) groups is 1. The van der Waals surface area contributed by atoms with Crippen molar-refractivity contribution in [1.29, 1.82) is 0 Å². The summed E-state index contributed by atoms with van der Waals surface area (Å²) in [6, 6.07) is 4.45. The van der Waals surface area contributed by atoms with Crippen molar-refractivity contribution in [3.8, 4) is 5.75 Å². The van der Waals surface area contributed by atoms with Crippen molar-refractivity contribution in [3.05, 3.63) is 23.8 Å². The lowest BCUT2D eigenvalue weighted by molar-refractivity contribution is 0.101. The highest BCUT2D eigenvalue weighted by molar-refractivity contribution is 6.18. The van der Waals surface area contributed by atoms with E-state index >= 15 is 0 Å². The predicted molar refractivity (Wildman–Crippen MR) is 63.3 cm³/mol. The van der Waals surface area contributed by atoms with Crippen LogP contribution in [-0.4, -0.2) is 34.5 Å². The second kappa shape index (κ2) is 5.72. The maximum absolute atomic E-state index is 11.3. The average Bonchev–Trinajstić information content (AvgIpc) is 2.26. The summed E-state index contributed by atoms with van der Waals surface area (Å²) < 4.78 is 0. The molecule has 1 unspecified atom stereocenters. The number of carbonyl (C=O) groups excluding carboxylic acids is 1. The van der Waals surface area contributed by atoms with E-state index in [1.54, 1.807) is 6.07 Å². The summed E-state index contributed by atoms with van der Waals surface area (Å²) in [4.78, 5) is 11.3. The second-order valence-corrected chi connectivity index (χ2v) is 3.78. The van der Waals surface area contributed by atoms with Crippen LogP contribution >= 0.6 is 11.6 Å². The van der Waals surface area contributed by atoms with Gasteiger partial charge in [-0.15, -0.1) is 11.6 Å². The Hall–Kier alpha value is -1.26. The van der Waals surface area contributed by atoms with Crippen LogP contribution in [0.15, 0.2) is 18.2 Å². The van der Waals surface area contributed by atoms with Crippen LogP contribution in [0.3, 0.4) is 0 Å². The number of phenolic OH excluding ortho intramolecular Hbond substituents is 1. The molecule has 0 spiro atoms. The van der Waals surface area contributed by atoms with Gasteiger partial charge >= 0.3 is 0 Å². The lowest BCUT2D eigenvalue weighted by Crippen LogP contribution is -2.21. The van der Waals surface area contributed by atoms with Gasteiger partial charge in [0.05, 0.1) is 12.0 Å². The number of ketones is 1. The van der Waals surface area contributed by atoms with Gasteiger partial charge in [-0.05, 0) is 25.1 Å². The largest absolute Gasteiger partial charge is 0.508 e. The van der Waals surface area contributed by atoms with Gasteiger partial charge in [-0.3, -0.25) is 4.79 Å². The Morgan fingerprint density at radius 2 is 2.25 bits per heavy atom. The van der Waals surface area contributed by atoms with E-state index in [4.69, 9.17) is 11.6 Å². The predicted octanol–water partition coefficient (Wildman–Crippen LogP) is 1.61. The molecule has 0 radical (unpaired) electrons. The number of alkyl halides is 1. The van der Waals surface area contributed by atoms with E-state index in [9.17, 15) is 15.0 Å². The van der Waals surface area contributed by atoms with Gasteiger partial charge in [-0.2, -0.15) is 0 Å². The van der Waals surface area contributed by atoms with Gasteiger partial charge in [-0.25, -0.2) is 0 Å². The van der Waals surface area contributed by atoms with Crippen molar-refractivity contribution >= 4 is 23.1 Å². The number of anilines is 1. The van der Waals surface area contributed by atoms with Crippen molar-refractivity contribution in [2.45, 2.75) is 13.0 Å². The average molecular weight is 244 g/mol. The third-order valence-electron chi connectivity index (χ3n) is 2.09. The summed E-state index contributed by atoms with van der Waals surface area (Å²) >= 11 is 5.45. The molecule has 3 N–H and O–H groups in total. The number of benzene rings is 1. The zero-order valence-electron chi connectivity index (χ0n) is 8.90. The molecule has 16 heavy (non-hydrogen) atoms. The topological polar surface area (TPSA) is 69.6 Å². The van der Waals surface area contributed by atoms with Crippen LogP contribution < -0.4 is 5.32 Å². The number of halogens is 1. The molecular formula is C11H14ClNO3. The van der Waals surface area contributed by atoms with E-state index in [1.165, 1.54) is 19.1 Å². The highest BCUT2D eigenvalue weighted by Gasteiger charge is 2.09. The lowest BCUT2D eigenvalue weighted by atomic mass is 10.1. The zero-order chi connectivity index (χ0) is 12.1. The maximum atomic E-state index is 11.3. The minimum atomic E-state index is -0.671. The number of phenols is 1. The molecule has 1 rings (SSSR count). The number of hydrogen-bond acceptors (Lipinski definition) is 4. The molecule has 0 saturated heterocycles. The van der Waals surface area contributed by atoms with E-state index in [1.807, 2.05) is 0 Å². The SMILES string of the molecule is CC(=O)c1cc(O)ccc1NCC(O)CCl.